The average molecular weight is 472 g/mol. The number of amides is 1. The molecule has 0 radical (unpaired) electrons. The molecule has 170 valence electrons. The molecule has 8 nitrogen and oxygen atoms in total. The topological polar surface area (TPSA) is 104 Å². The Kier molecular flexibility index (Phi) is 7.58. The van der Waals surface area contributed by atoms with Gasteiger partial charge in [0.2, 0.25) is 20.0 Å². The van der Waals surface area contributed by atoms with E-state index in [9.17, 15) is 26.0 Å². The Morgan fingerprint density at radius 3 is 2.10 bits per heavy atom. The van der Waals surface area contributed by atoms with E-state index in [1.54, 1.807) is 26.8 Å². The second-order valence-corrected chi connectivity index (χ2v) is 11.0. The molecule has 11 heteroatoms. The van der Waals surface area contributed by atoms with Crippen LogP contribution in [0.3, 0.4) is 0 Å². The summed E-state index contributed by atoms with van der Waals surface area (Å²) in [7, 11) is -5.04. The average Bonchev–Trinajstić information content (AvgIpc) is 2.70. The maximum Gasteiger partial charge on any atom is 0.255 e. The molecule has 2 aromatic rings. The molecular weight excluding hydrogens is 445 g/mol. The smallest absolute Gasteiger partial charge is 0.255 e. The molecule has 0 aliphatic heterocycles. The van der Waals surface area contributed by atoms with Crippen molar-refractivity contribution in [2.45, 2.75) is 30.6 Å². The number of halogens is 1. The van der Waals surface area contributed by atoms with Gasteiger partial charge in [-0.2, -0.15) is 4.31 Å². The number of nitrogens with one attached hydrogen (secondary N) is 1. The van der Waals surface area contributed by atoms with Crippen LogP contribution >= 0.6 is 0 Å². The third-order valence-corrected chi connectivity index (χ3v) is 8.74. The highest BCUT2D eigenvalue weighted by Crippen LogP contribution is 2.24. The summed E-state index contributed by atoms with van der Waals surface area (Å²) in [4.78, 5) is 12.1. The lowest BCUT2D eigenvalue weighted by molar-refractivity contribution is 0.102. The number of anilines is 1. The van der Waals surface area contributed by atoms with Crippen LogP contribution in [0.25, 0.3) is 0 Å². The number of rotatable bonds is 8. The molecule has 0 saturated carbocycles. The summed E-state index contributed by atoms with van der Waals surface area (Å²) in [6, 6.07) is 7.45. The molecule has 31 heavy (non-hydrogen) atoms. The summed E-state index contributed by atoms with van der Waals surface area (Å²) in [5.74, 6) is -1.66. The Morgan fingerprint density at radius 1 is 0.935 bits per heavy atom. The number of nitrogens with zero attached hydrogens (tertiary/aromatic N) is 2. The van der Waals surface area contributed by atoms with E-state index >= 15 is 0 Å². The number of carbonyl (C=O) groups is 1. The van der Waals surface area contributed by atoms with E-state index < -0.39 is 36.7 Å². The van der Waals surface area contributed by atoms with Crippen LogP contribution in [0.15, 0.2) is 46.2 Å². The van der Waals surface area contributed by atoms with Gasteiger partial charge in [0.15, 0.2) is 0 Å². The van der Waals surface area contributed by atoms with Crippen LogP contribution in [0.5, 0.6) is 0 Å². The molecule has 0 atom stereocenters. The van der Waals surface area contributed by atoms with Crippen LogP contribution in [0.1, 0.15) is 29.8 Å². The van der Waals surface area contributed by atoms with Gasteiger partial charge in [0, 0.05) is 38.4 Å². The highest BCUT2D eigenvalue weighted by atomic mass is 32.2. The number of hydrogen-bond donors (Lipinski definition) is 1. The molecule has 0 bridgehead atoms. The Bertz CT molecular complexity index is 1190. The summed E-state index contributed by atoms with van der Waals surface area (Å²) in [5.41, 5.74) is 0.624. The predicted molar refractivity (Wildman–Crippen MR) is 117 cm³/mol. The molecule has 0 saturated heterocycles. The zero-order chi connectivity index (χ0) is 23.6. The summed E-state index contributed by atoms with van der Waals surface area (Å²) in [6.45, 7) is 5.20. The van der Waals surface area contributed by atoms with Crippen molar-refractivity contribution < 1.29 is 26.0 Å². The van der Waals surface area contributed by atoms with Gasteiger partial charge in [0.25, 0.3) is 5.91 Å². The molecule has 0 aromatic heterocycles. The van der Waals surface area contributed by atoms with Gasteiger partial charge in [-0.3, -0.25) is 4.79 Å². The number of hydrogen-bond acceptors (Lipinski definition) is 5. The van der Waals surface area contributed by atoms with Crippen LogP contribution in [0, 0.1) is 12.7 Å². The molecule has 2 rings (SSSR count). The van der Waals surface area contributed by atoms with Crippen LogP contribution in [0.4, 0.5) is 10.1 Å². The van der Waals surface area contributed by atoms with Crippen molar-refractivity contribution in [1.82, 2.24) is 8.61 Å². The maximum absolute atomic E-state index is 14.3. The van der Waals surface area contributed by atoms with E-state index in [-0.39, 0.29) is 29.2 Å². The van der Waals surface area contributed by atoms with Gasteiger partial charge in [0.05, 0.1) is 4.90 Å². The molecule has 2 aromatic carbocycles. The van der Waals surface area contributed by atoms with E-state index in [1.807, 2.05) is 0 Å². The van der Waals surface area contributed by atoms with Crippen molar-refractivity contribution in [2.24, 2.45) is 0 Å². The monoisotopic (exact) mass is 471 g/mol. The fraction of sp³-hybridized carbons (Fsp3) is 0.350. The van der Waals surface area contributed by atoms with Crippen molar-refractivity contribution in [3.8, 4) is 0 Å². The van der Waals surface area contributed by atoms with Gasteiger partial charge in [-0.1, -0.05) is 19.9 Å². The van der Waals surface area contributed by atoms with E-state index in [0.29, 0.717) is 5.56 Å². The highest BCUT2D eigenvalue weighted by Gasteiger charge is 2.27. The Labute approximate surface area is 182 Å². The first kappa shape index (κ1) is 24.9. The van der Waals surface area contributed by atoms with Gasteiger partial charge in [-0.25, -0.2) is 25.5 Å². The Morgan fingerprint density at radius 2 is 1.55 bits per heavy atom. The van der Waals surface area contributed by atoms with Crippen molar-refractivity contribution in [1.29, 1.82) is 0 Å². The fourth-order valence-corrected chi connectivity index (χ4v) is 5.59. The first-order valence-corrected chi connectivity index (χ1v) is 12.4. The zero-order valence-corrected chi connectivity index (χ0v) is 19.6. The van der Waals surface area contributed by atoms with Gasteiger partial charge in [-0.05, 0) is 42.8 Å². The number of carbonyl (C=O) groups excluding carboxylic acids is 1. The Balaban J connectivity index is 2.42. The summed E-state index contributed by atoms with van der Waals surface area (Å²) >= 11 is 0. The van der Waals surface area contributed by atoms with E-state index in [4.69, 9.17) is 0 Å². The van der Waals surface area contributed by atoms with Gasteiger partial charge >= 0.3 is 0 Å². The summed E-state index contributed by atoms with van der Waals surface area (Å²) in [5, 5.41) is 2.54. The van der Waals surface area contributed by atoms with Crippen LogP contribution in [0.2, 0.25) is 0 Å². The maximum atomic E-state index is 14.3. The van der Waals surface area contributed by atoms with Crippen molar-refractivity contribution >= 4 is 31.6 Å². The van der Waals surface area contributed by atoms with E-state index in [2.05, 4.69) is 5.32 Å². The number of benzene rings is 2. The van der Waals surface area contributed by atoms with Crippen molar-refractivity contribution in [3.05, 3.63) is 53.3 Å². The first-order chi connectivity index (χ1) is 14.4. The van der Waals surface area contributed by atoms with Gasteiger partial charge in [0.1, 0.15) is 10.7 Å². The number of aryl methyl sites for hydroxylation is 1. The lowest BCUT2D eigenvalue weighted by Crippen LogP contribution is -2.31. The minimum Gasteiger partial charge on any atom is -0.322 e. The Hall–Kier alpha value is -2.34. The number of sulfonamides is 2. The summed E-state index contributed by atoms with van der Waals surface area (Å²) in [6.07, 6.45) is 0. The molecule has 0 unspecified atom stereocenters. The molecule has 0 spiro atoms. The van der Waals surface area contributed by atoms with Crippen LogP contribution in [-0.4, -0.2) is 58.5 Å². The fourth-order valence-electron chi connectivity index (χ4n) is 2.90. The standard InChI is InChI=1S/C20H26FN3O5S2/c1-6-24(7-2)31(28,29)19-12-15(9-11-17(19)21)20(25)22-16-10-8-14(3)18(13-16)30(26,27)23(4)5/h8-13H,6-7H2,1-5H3,(H,22,25). The lowest BCUT2D eigenvalue weighted by Gasteiger charge is -2.19. The normalized spacial score (nSPS) is 12.4. The largest absolute Gasteiger partial charge is 0.322 e. The SMILES string of the molecule is CCN(CC)S(=O)(=O)c1cc(C(=O)Nc2ccc(C)c(S(=O)(=O)N(C)C)c2)ccc1F. The molecule has 0 aliphatic rings. The minimum atomic E-state index is -4.11. The van der Waals surface area contributed by atoms with Gasteiger partial charge in [-0.15, -0.1) is 0 Å². The van der Waals surface area contributed by atoms with Crippen LogP contribution in [-0.2, 0) is 20.0 Å². The first-order valence-electron chi connectivity index (χ1n) is 9.50. The zero-order valence-electron chi connectivity index (χ0n) is 18.0. The van der Waals surface area contributed by atoms with E-state index in [0.717, 1.165) is 26.8 Å². The van der Waals surface area contributed by atoms with E-state index in [1.165, 1.54) is 26.2 Å². The highest BCUT2D eigenvalue weighted by molar-refractivity contribution is 7.89. The molecular formula is C20H26FN3O5S2. The molecule has 0 heterocycles. The molecule has 0 aliphatic carbocycles. The minimum absolute atomic E-state index is 0.0270. The second-order valence-electron chi connectivity index (χ2n) is 6.96. The third-order valence-electron chi connectivity index (χ3n) is 4.72. The van der Waals surface area contributed by atoms with Crippen molar-refractivity contribution in [3.63, 3.8) is 0 Å². The molecule has 0 fully saturated rings. The quantitative estimate of drug-likeness (QED) is 0.638. The van der Waals surface area contributed by atoms with Gasteiger partial charge < -0.3 is 5.32 Å². The lowest BCUT2D eigenvalue weighted by atomic mass is 10.2. The van der Waals surface area contributed by atoms with Crippen molar-refractivity contribution in [2.75, 3.05) is 32.5 Å². The predicted octanol–water partition coefficient (Wildman–Crippen LogP) is 2.67. The third kappa shape index (κ3) is 5.12. The second kappa shape index (κ2) is 9.43. The summed E-state index contributed by atoms with van der Waals surface area (Å²) < 4.78 is 66.8. The van der Waals surface area contributed by atoms with Crippen LogP contribution < -0.4 is 5.32 Å². The molecule has 1 N–H and O–H groups in total. The molecule has 1 amide bonds.